The van der Waals surface area contributed by atoms with Crippen LogP contribution in [0.25, 0.3) is 22.3 Å². The molecule has 37 heavy (non-hydrogen) atoms. The van der Waals surface area contributed by atoms with Crippen LogP contribution in [0.15, 0.2) is 16.9 Å². The summed E-state index contributed by atoms with van der Waals surface area (Å²) in [6.45, 7) is 1.64. The van der Waals surface area contributed by atoms with Crippen LogP contribution in [0.4, 0.5) is 4.39 Å². The van der Waals surface area contributed by atoms with Gasteiger partial charge in [0.25, 0.3) is 15.7 Å². The topological polar surface area (TPSA) is 182 Å². The number of carbonyl (C=O) groups excluding carboxylic acids is 1. The molecule has 0 amide bonds. The Morgan fingerprint density at radius 1 is 1.27 bits per heavy atom. The molecular formula is C24H24FN3O8S. The zero-order chi connectivity index (χ0) is 27.0. The van der Waals surface area contributed by atoms with E-state index in [0.717, 1.165) is 11.1 Å². The summed E-state index contributed by atoms with van der Waals surface area (Å²) in [7, 11) is -3.67. The van der Waals surface area contributed by atoms with Crippen LogP contribution in [-0.4, -0.2) is 45.0 Å². The fourth-order valence-corrected chi connectivity index (χ4v) is 5.41. The maximum absolute atomic E-state index is 14.4. The molecule has 11 nitrogen and oxygen atoms in total. The average molecular weight is 534 g/mol. The normalized spacial score (nSPS) is 21.5. The summed E-state index contributed by atoms with van der Waals surface area (Å²) in [6.07, 6.45) is 1.71. The molecule has 0 bridgehead atoms. The number of aromatic nitrogens is 2. The predicted octanol–water partition coefficient (Wildman–Crippen LogP) is 1.37. The minimum absolute atomic E-state index is 0.0453. The van der Waals surface area contributed by atoms with E-state index in [-0.39, 0.29) is 48.0 Å². The third-order valence-corrected chi connectivity index (χ3v) is 7.12. The zero-order valence-electron chi connectivity index (χ0n) is 19.9. The third-order valence-electron chi connectivity index (χ3n) is 7.12. The van der Waals surface area contributed by atoms with Gasteiger partial charge in [0.05, 0.1) is 35.3 Å². The Morgan fingerprint density at radius 2 is 1.95 bits per heavy atom. The highest BCUT2D eigenvalue weighted by molar-refractivity contribution is 7.85. The van der Waals surface area contributed by atoms with Gasteiger partial charge >= 0.3 is 5.97 Å². The second-order valence-corrected chi connectivity index (χ2v) is 10.9. The molecule has 0 radical (unpaired) electrons. The van der Waals surface area contributed by atoms with Gasteiger partial charge in [-0.15, -0.1) is 0 Å². The number of aliphatic hydroxyl groups is 1. The van der Waals surface area contributed by atoms with Gasteiger partial charge in [0.1, 0.15) is 6.61 Å². The number of ether oxygens (including phenoxy) is 1. The zero-order valence-corrected chi connectivity index (χ0v) is 20.7. The summed E-state index contributed by atoms with van der Waals surface area (Å²) in [5, 5.41) is 21.9. The maximum atomic E-state index is 14.4. The second kappa shape index (κ2) is 8.31. The van der Waals surface area contributed by atoms with Crippen molar-refractivity contribution in [2.75, 3.05) is 6.26 Å². The lowest BCUT2D eigenvalue weighted by Gasteiger charge is -2.31. The highest BCUT2D eigenvalue weighted by Gasteiger charge is 2.45. The molecule has 6 rings (SSSR count). The van der Waals surface area contributed by atoms with Gasteiger partial charge in [-0.3, -0.25) is 9.35 Å². The minimum atomic E-state index is -3.67. The van der Waals surface area contributed by atoms with E-state index in [2.05, 4.69) is 4.98 Å². The minimum Gasteiger partial charge on any atom is -0.505 e. The monoisotopic (exact) mass is 533 g/mol. The van der Waals surface area contributed by atoms with Crippen molar-refractivity contribution < 1.29 is 37.1 Å². The van der Waals surface area contributed by atoms with E-state index >= 15 is 0 Å². The van der Waals surface area contributed by atoms with E-state index in [9.17, 15) is 32.6 Å². The molecule has 2 aliphatic heterocycles. The molecule has 1 aromatic carbocycles. The largest absolute Gasteiger partial charge is 0.505 e. The molecule has 0 saturated carbocycles. The molecule has 13 heteroatoms. The Balaban J connectivity index is 0.000000514. The molecular weight excluding hydrogens is 509 g/mol. The number of fused-ring (bicyclic) bond motifs is 5. The van der Waals surface area contributed by atoms with Crippen molar-refractivity contribution in [2.45, 2.75) is 51.0 Å². The fraction of sp³-hybridized carbons (Fsp3) is 0.375. The lowest BCUT2D eigenvalue weighted by atomic mass is 9.83. The van der Waals surface area contributed by atoms with E-state index in [1.807, 2.05) is 0 Å². The Hall–Kier alpha value is -3.39. The SMILES string of the molecule is CC[C@@]1(O)C(=O)OCc2c1cc1n(c2=O)Cc2c-1nc1cc(F)c(O)c3c1c2[C@@H](N)CC3.CS(=O)(=O)O. The van der Waals surface area contributed by atoms with Gasteiger partial charge < -0.3 is 25.3 Å². The van der Waals surface area contributed by atoms with Gasteiger partial charge in [-0.05, 0) is 30.9 Å². The van der Waals surface area contributed by atoms with Crippen molar-refractivity contribution in [3.05, 3.63) is 56.1 Å². The standard InChI is InChI=1S/C23H20FN3O5.CH4O3S/c1-2-23(31)12-5-16-19-10(7-27(16)21(29)11(12)8-32-22(23)30)17-14(25)4-3-9-18(17)15(26-19)6-13(24)20(9)28;1-5(2,3)4/h5-6,14,28,31H,2-4,7-8,25H2,1H3;1H3,(H,2,3,4)/t14-,23-;/m0./s1. The first-order valence-corrected chi connectivity index (χ1v) is 13.3. The number of rotatable bonds is 1. The number of hydrogen-bond acceptors (Lipinski definition) is 9. The molecule has 3 aliphatic rings. The Bertz CT molecular complexity index is 1680. The number of pyridine rings is 2. The summed E-state index contributed by atoms with van der Waals surface area (Å²) < 4.78 is 46.9. The van der Waals surface area contributed by atoms with Crippen LogP contribution in [0.1, 0.15) is 53.6 Å². The number of phenols is 1. The number of aryl methyl sites for hydroxylation is 1. The Morgan fingerprint density at radius 3 is 2.59 bits per heavy atom. The predicted molar refractivity (Wildman–Crippen MR) is 129 cm³/mol. The summed E-state index contributed by atoms with van der Waals surface area (Å²) in [4.78, 5) is 30.3. The van der Waals surface area contributed by atoms with Crippen LogP contribution in [0, 0.1) is 5.82 Å². The average Bonchev–Trinajstić information content (AvgIpc) is 3.18. The molecule has 0 saturated heterocycles. The fourth-order valence-electron chi connectivity index (χ4n) is 5.41. The molecule has 0 spiro atoms. The van der Waals surface area contributed by atoms with Crippen LogP contribution < -0.4 is 11.3 Å². The van der Waals surface area contributed by atoms with Crippen LogP contribution in [0.2, 0.25) is 0 Å². The Kier molecular flexibility index (Phi) is 5.68. The number of phenolic OH excluding ortho intramolecular Hbond substituents is 1. The Labute approximate surface area is 210 Å². The van der Waals surface area contributed by atoms with Crippen LogP contribution in [0.5, 0.6) is 5.75 Å². The molecule has 1 aliphatic carbocycles. The summed E-state index contributed by atoms with van der Waals surface area (Å²) >= 11 is 0. The van der Waals surface area contributed by atoms with Gasteiger partial charge in [-0.1, -0.05) is 6.92 Å². The summed E-state index contributed by atoms with van der Waals surface area (Å²) in [5.74, 6) is -1.94. The van der Waals surface area contributed by atoms with Gasteiger partial charge in [0, 0.05) is 34.2 Å². The first-order valence-electron chi connectivity index (χ1n) is 11.5. The van der Waals surface area contributed by atoms with Gasteiger partial charge in [0.15, 0.2) is 17.2 Å². The quantitative estimate of drug-likeness (QED) is 0.206. The third kappa shape index (κ3) is 3.81. The number of aromatic hydroxyl groups is 1. The van der Waals surface area contributed by atoms with E-state index in [0.29, 0.717) is 47.0 Å². The van der Waals surface area contributed by atoms with Crippen molar-refractivity contribution in [1.82, 2.24) is 9.55 Å². The highest BCUT2D eigenvalue weighted by Crippen LogP contribution is 2.46. The smallest absolute Gasteiger partial charge is 0.343 e. The number of esters is 1. The first-order chi connectivity index (χ1) is 17.3. The van der Waals surface area contributed by atoms with E-state index < -0.39 is 27.5 Å². The van der Waals surface area contributed by atoms with Gasteiger partial charge in [0.2, 0.25) is 0 Å². The van der Waals surface area contributed by atoms with E-state index in [1.54, 1.807) is 13.0 Å². The molecule has 3 aromatic rings. The van der Waals surface area contributed by atoms with Crippen LogP contribution in [-0.2, 0) is 44.8 Å². The number of nitrogens with two attached hydrogens (primary N) is 1. The molecule has 0 unspecified atom stereocenters. The lowest BCUT2D eigenvalue weighted by Crippen LogP contribution is -2.44. The van der Waals surface area contributed by atoms with Gasteiger partial charge in [-0.2, -0.15) is 8.42 Å². The molecule has 4 heterocycles. The number of hydrogen-bond donors (Lipinski definition) is 4. The van der Waals surface area contributed by atoms with E-state index in [1.165, 1.54) is 10.6 Å². The van der Waals surface area contributed by atoms with Crippen molar-refractivity contribution in [3.8, 4) is 17.1 Å². The molecule has 196 valence electrons. The molecule has 2 atom stereocenters. The number of cyclic esters (lactones) is 1. The number of benzene rings is 1. The number of carbonyl (C=O) groups is 1. The van der Waals surface area contributed by atoms with Crippen LogP contribution in [0.3, 0.4) is 0 Å². The van der Waals surface area contributed by atoms with Gasteiger partial charge in [-0.25, -0.2) is 14.2 Å². The lowest BCUT2D eigenvalue weighted by molar-refractivity contribution is -0.172. The molecule has 5 N–H and O–H groups in total. The van der Waals surface area contributed by atoms with Crippen molar-refractivity contribution in [2.24, 2.45) is 5.73 Å². The van der Waals surface area contributed by atoms with Crippen molar-refractivity contribution in [3.63, 3.8) is 0 Å². The highest BCUT2D eigenvalue weighted by atomic mass is 32.2. The number of nitrogens with zero attached hydrogens (tertiary/aromatic N) is 2. The van der Waals surface area contributed by atoms with Crippen LogP contribution >= 0.6 is 0 Å². The first kappa shape index (κ1) is 25.3. The maximum Gasteiger partial charge on any atom is 0.343 e. The van der Waals surface area contributed by atoms with Crippen molar-refractivity contribution in [1.29, 1.82) is 0 Å². The van der Waals surface area contributed by atoms with Crippen molar-refractivity contribution >= 4 is 27.0 Å². The number of halogens is 1. The summed E-state index contributed by atoms with van der Waals surface area (Å²) in [5.41, 5.74) is 7.85. The second-order valence-electron chi connectivity index (χ2n) is 9.41. The summed E-state index contributed by atoms with van der Waals surface area (Å²) in [6, 6.07) is 2.43. The molecule has 2 aromatic heterocycles. The van der Waals surface area contributed by atoms with E-state index in [4.69, 9.17) is 15.0 Å². The molecule has 0 fully saturated rings.